The van der Waals surface area contributed by atoms with Crippen LogP contribution in [0.15, 0.2) is 18.2 Å². The molecule has 4 heteroatoms. The fourth-order valence-corrected chi connectivity index (χ4v) is 2.22. The first-order valence-corrected chi connectivity index (χ1v) is 5.73. The second-order valence-corrected chi connectivity index (χ2v) is 4.17. The predicted octanol–water partition coefficient (Wildman–Crippen LogP) is 2.49. The zero-order valence-electron chi connectivity index (χ0n) is 9.82. The van der Waals surface area contributed by atoms with Gasteiger partial charge in [0, 0.05) is 0 Å². The summed E-state index contributed by atoms with van der Waals surface area (Å²) in [6.45, 7) is 1.82. The lowest BCUT2D eigenvalue weighted by molar-refractivity contribution is 0.293. The van der Waals surface area contributed by atoms with E-state index < -0.39 is 5.82 Å². The Bertz CT molecular complexity index is 436. The van der Waals surface area contributed by atoms with Crippen LogP contribution in [0.5, 0.6) is 5.75 Å². The average molecular weight is 234 g/mol. The molecule has 17 heavy (non-hydrogen) atoms. The number of methoxy groups -OCH3 is 1. The monoisotopic (exact) mass is 234 g/mol. The van der Waals surface area contributed by atoms with Crippen LogP contribution in [0.2, 0.25) is 0 Å². The van der Waals surface area contributed by atoms with Crippen LogP contribution in [0.1, 0.15) is 24.4 Å². The van der Waals surface area contributed by atoms with Gasteiger partial charge in [-0.2, -0.15) is 5.26 Å². The van der Waals surface area contributed by atoms with Crippen molar-refractivity contribution >= 4 is 0 Å². The highest BCUT2D eigenvalue weighted by Gasteiger charge is 2.23. The van der Waals surface area contributed by atoms with Crippen LogP contribution < -0.4 is 4.74 Å². The Morgan fingerprint density at radius 2 is 2.12 bits per heavy atom. The first-order valence-electron chi connectivity index (χ1n) is 5.73. The molecule has 1 saturated heterocycles. The molecule has 3 nitrogen and oxygen atoms in total. The zero-order chi connectivity index (χ0) is 12.3. The molecular weight excluding hydrogens is 219 g/mol. The van der Waals surface area contributed by atoms with Crippen molar-refractivity contribution in [2.45, 2.75) is 18.9 Å². The Labute approximate surface area is 100 Å². The average Bonchev–Trinajstić information content (AvgIpc) is 2.84. The molecule has 1 aliphatic rings. The minimum Gasteiger partial charge on any atom is -0.494 e. The van der Waals surface area contributed by atoms with Crippen LogP contribution in [0.3, 0.4) is 0 Å². The smallest absolute Gasteiger partial charge is 0.165 e. The Hall–Kier alpha value is -1.60. The van der Waals surface area contributed by atoms with Crippen LogP contribution in [-0.2, 0) is 0 Å². The van der Waals surface area contributed by atoms with E-state index in [2.05, 4.69) is 11.0 Å². The third-order valence-electron chi connectivity index (χ3n) is 3.12. The molecule has 0 aromatic heterocycles. The van der Waals surface area contributed by atoms with E-state index in [0.717, 1.165) is 25.9 Å². The van der Waals surface area contributed by atoms with Gasteiger partial charge in [-0.15, -0.1) is 0 Å². The lowest BCUT2D eigenvalue weighted by atomic mass is 10.1. The van der Waals surface area contributed by atoms with E-state index in [4.69, 9.17) is 4.74 Å². The molecule has 1 aliphatic heterocycles. The molecular formula is C13H15FN2O. The van der Waals surface area contributed by atoms with Crippen LogP contribution in [0, 0.1) is 17.1 Å². The summed E-state index contributed by atoms with van der Waals surface area (Å²) in [5, 5.41) is 9.21. The lowest BCUT2D eigenvalue weighted by Gasteiger charge is -2.21. The fourth-order valence-electron chi connectivity index (χ4n) is 2.22. The van der Waals surface area contributed by atoms with E-state index in [1.807, 2.05) is 0 Å². The minimum atomic E-state index is -0.413. The molecule has 90 valence electrons. The number of nitriles is 1. The molecule has 1 aromatic carbocycles. The number of hydrogen-bond acceptors (Lipinski definition) is 3. The largest absolute Gasteiger partial charge is 0.494 e. The van der Waals surface area contributed by atoms with Crippen LogP contribution in [-0.4, -0.2) is 25.1 Å². The summed E-state index contributed by atoms with van der Waals surface area (Å²) in [4.78, 5) is 2.08. The first kappa shape index (κ1) is 11.9. The van der Waals surface area contributed by atoms with Crippen molar-refractivity contribution in [2.75, 3.05) is 20.2 Å². The Morgan fingerprint density at radius 3 is 2.65 bits per heavy atom. The topological polar surface area (TPSA) is 36.3 Å². The van der Waals surface area contributed by atoms with E-state index in [1.54, 1.807) is 12.1 Å². The third kappa shape index (κ3) is 2.40. The molecule has 2 rings (SSSR count). The van der Waals surface area contributed by atoms with Gasteiger partial charge in [-0.05, 0) is 43.6 Å². The Balaban J connectivity index is 2.25. The van der Waals surface area contributed by atoms with Gasteiger partial charge in [-0.1, -0.05) is 6.07 Å². The van der Waals surface area contributed by atoms with Crippen LogP contribution in [0.4, 0.5) is 4.39 Å². The van der Waals surface area contributed by atoms with Crippen molar-refractivity contribution in [2.24, 2.45) is 0 Å². The van der Waals surface area contributed by atoms with Crippen molar-refractivity contribution in [3.63, 3.8) is 0 Å². The molecule has 0 radical (unpaired) electrons. The number of benzene rings is 1. The van der Waals surface area contributed by atoms with Gasteiger partial charge in [0.05, 0.1) is 13.2 Å². The number of ether oxygens (including phenoxy) is 1. The van der Waals surface area contributed by atoms with Gasteiger partial charge in [0.25, 0.3) is 0 Å². The summed E-state index contributed by atoms with van der Waals surface area (Å²) < 4.78 is 18.4. The first-order chi connectivity index (χ1) is 8.26. The van der Waals surface area contributed by atoms with Crippen LogP contribution >= 0.6 is 0 Å². The van der Waals surface area contributed by atoms with Gasteiger partial charge in [-0.25, -0.2) is 4.39 Å². The SMILES string of the molecule is COc1ccc(C(C#N)N2CCCC2)cc1F. The maximum Gasteiger partial charge on any atom is 0.165 e. The molecule has 1 unspecified atom stereocenters. The maximum absolute atomic E-state index is 13.6. The second kappa shape index (κ2) is 5.15. The summed E-state index contributed by atoms with van der Waals surface area (Å²) in [6, 6.07) is 6.62. The fraction of sp³-hybridized carbons (Fsp3) is 0.462. The van der Waals surface area contributed by atoms with Gasteiger partial charge in [0.15, 0.2) is 11.6 Å². The summed E-state index contributed by atoms with van der Waals surface area (Å²) in [5.41, 5.74) is 0.702. The standard InChI is InChI=1S/C13H15FN2O/c1-17-13-5-4-10(8-11(13)14)12(9-15)16-6-2-3-7-16/h4-5,8,12H,2-3,6-7H2,1H3. The highest BCUT2D eigenvalue weighted by Crippen LogP contribution is 2.27. The maximum atomic E-state index is 13.6. The van der Waals surface area contributed by atoms with Crippen LogP contribution in [0.25, 0.3) is 0 Å². The quantitative estimate of drug-likeness (QED) is 0.806. The lowest BCUT2D eigenvalue weighted by Crippen LogP contribution is -2.24. The van der Waals surface area contributed by atoms with Crippen molar-refractivity contribution < 1.29 is 9.13 Å². The Morgan fingerprint density at radius 1 is 1.41 bits per heavy atom. The molecule has 1 heterocycles. The number of likely N-dealkylation sites (tertiary alicyclic amines) is 1. The Kier molecular flexibility index (Phi) is 3.60. The van der Waals surface area contributed by atoms with Crippen molar-refractivity contribution in [3.8, 4) is 11.8 Å². The summed E-state index contributed by atoms with van der Waals surface area (Å²) in [5.74, 6) is -0.198. The van der Waals surface area contributed by atoms with Crippen molar-refractivity contribution in [3.05, 3.63) is 29.6 Å². The van der Waals surface area contributed by atoms with Gasteiger partial charge in [-0.3, -0.25) is 4.90 Å². The minimum absolute atomic E-state index is 0.215. The summed E-state index contributed by atoms with van der Waals surface area (Å²) >= 11 is 0. The van der Waals surface area contributed by atoms with Gasteiger partial charge in [0.1, 0.15) is 6.04 Å². The normalized spacial score (nSPS) is 17.7. The number of hydrogen-bond donors (Lipinski definition) is 0. The molecule has 0 bridgehead atoms. The molecule has 0 N–H and O–H groups in total. The molecule has 1 atom stereocenters. The number of rotatable bonds is 3. The van der Waals surface area contributed by atoms with E-state index in [9.17, 15) is 9.65 Å². The van der Waals surface area contributed by atoms with Gasteiger partial charge >= 0.3 is 0 Å². The molecule has 0 saturated carbocycles. The van der Waals surface area contributed by atoms with E-state index in [1.165, 1.54) is 13.2 Å². The number of halogens is 1. The summed E-state index contributed by atoms with van der Waals surface area (Å²) in [7, 11) is 1.43. The van der Waals surface area contributed by atoms with E-state index in [0.29, 0.717) is 5.56 Å². The predicted molar refractivity (Wildman–Crippen MR) is 62.1 cm³/mol. The van der Waals surface area contributed by atoms with E-state index >= 15 is 0 Å². The third-order valence-corrected chi connectivity index (χ3v) is 3.12. The van der Waals surface area contributed by atoms with E-state index in [-0.39, 0.29) is 11.8 Å². The van der Waals surface area contributed by atoms with Crippen molar-refractivity contribution in [1.82, 2.24) is 4.90 Å². The molecule has 1 aromatic rings. The second-order valence-electron chi connectivity index (χ2n) is 4.17. The number of nitrogens with zero attached hydrogens (tertiary/aromatic N) is 2. The van der Waals surface area contributed by atoms with Gasteiger partial charge in [0.2, 0.25) is 0 Å². The molecule has 1 fully saturated rings. The highest BCUT2D eigenvalue weighted by atomic mass is 19.1. The van der Waals surface area contributed by atoms with Crippen molar-refractivity contribution in [1.29, 1.82) is 5.26 Å². The van der Waals surface area contributed by atoms with Gasteiger partial charge < -0.3 is 4.74 Å². The highest BCUT2D eigenvalue weighted by molar-refractivity contribution is 5.33. The molecule has 0 aliphatic carbocycles. The molecule has 0 amide bonds. The summed E-state index contributed by atoms with van der Waals surface area (Å²) in [6.07, 6.45) is 2.22. The zero-order valence-corrected chi connectivity index (χ0v) is 9.82. The molecule has 0 spiro atoms.